The molecule has 5 rings (SSSR count). The number of hydrogen-bond donors (Lipinski definition) is 1. The molecule has 6 nitrogen and oxygen atoms in total. The molecule has 2 amide bonds. The maximum absolute atomic E-state index is 13.1. The van der Waals surface area contributed by atoms with Crippen LogP contribution in [-0.2, 0) is 9.59 Å². The zero-order valence-corrected chi connectivity index (χ0v) is 19.6. The molecule has 7 heteroatoms. The third kappa shape index (κ3) is 5.25. The molecule has 33 heavy (non-hydrogen) atoms. The molecule has 0 spiro atoms. The van der Waals surface area contributed by atoms with Gasteiger partial charge in [-0.05, 0) is 63.0 Å². The number of likely N-dealkylation sites (tertiary alicyclic amines) is 2. The second-order valence-corrected chi connectivity index (χ2v) is 10.2. The first-order valence-corrected chi connectivity index (χ1v) is 12.7. The summed E-state index contributed by atoms with van der Waals surface area (Å²) >= 11 is 1.76. The van der Waals surface area contributed by atoms with Crippen LogP contribution in [0.3, 0.4) is 0 Å². The quantitative estimate of drug-likeness (QED) is 0.612. The molecule has 2 fully saturated rings. The van der Waals surface area contributed by atoms with Crippen LogP contribution in [-0.4, -0.2) is 59.3 Å². The molecule has 0 saturated carbocycles. The fraction of sp³-hybridized carbons (Fsp3) is 0.423. The Morgan fingerprint density at radius 2 is 1.73 bits per heavy atom. The zero-order valence-electron chi connectivity index (χ0n) is 18.8. The highest BCUT2D eigenvalue weighted by Gasteiger charge is 2.30. The van der Waals surface area contributed by atoms with Gasteiger partial charge in [-0.2, -0.15) is 0 Å². The van der Waals surface area contributed by atoms with Gasteiger partial charge in [-0.15, -0.1) is 11.3 Å². The summed E-state index contributed by atoms with van der Waals surface area (Å²) in [5.74, 6) is 0.623. The first kappa shape index (κ1) is 22.0. The van der Waals surface area contributed by atoms with Crippen molar-refractivity contribution in [1.29, 1.82) is 0 Å². The Hall–Kier alpha value is -2.77. The molecular formula is C26H30N4O2S. The Morgan fingerprint density at radius 1 is 0.970 bits per heavy atom. The van der Waals surface area contributed by atoms with Crippen LogP contribution in [0.4, 0.5) is 5.69 Å². The van der Waals surface area contributed by atoms with Crippen molar-refractivity contribution in [3.8, 4) is 0 Å². The van der Waals surface area contributed by atoms with Gasteiger partial charge in [0.2, 0.25) is 11.8 Å². The van der Waals surface area contributed by atoms with Crippen molar-refractivity contribution >= 4 is 39.1 Å². The van der Waals surface area contributed by atoms with Crippen LogP contribution in [0.2, 0.25) is 0 Å². The number of fused-ring (bicyclic) bond motifs is 1. The summed E-state index contributed by atoms with van der Waals surface area (Å²) in [4.78, 5) is 34.7. The maximum Gasteiger partial charge on any atom is 0.236 e. The van der Waals surface area contributed by atoms with E-state index in [-0.39, 0.29) is 17.7 Å². The molecule has 3 heterocycles. The number of amides is 2. The molecule has 2 aliphatic rings. The van der Waals surface area contributed by atoms with Crippen LogP contribution >= 0.6 is 11.3 Å². The molecule has 172 valence electrons. The van der Waals surface area contributed by atoms with Crippen molar-refractivity contribution in [2.24, 2.45) is 5.92 Å². The molecule has 2 aromatic carbocycles. The molecule has 2 saturated heterocycles. The van der Waals surface area contributed by atoms with Crippen LogP contribution in [0.15, 0.2) is 54.6 Å². The standard InChI is InChI=1S/C26H30N4O2S/c31-24(18-29-15-12-19(13-16-29)25(32)27-21-8-2-1-3-9-21)30-14-6-7-20(17-30)26-28-22-10-4-5-11-23(22)33-26/h1-5,8-11,19-20H,6-7,12-18H2,(H,27,32)/t20-/m0/s1. The molecule has 0 aliphatic carbocycles. The largest absolute Gasteiger partial charge is 0.341 e. The monoisotopic (exact) mass is 462 g/mol. The highest BCUT2D eigenvalue weighted by molar-refractivity contribution is 7.18. The highest BCUT2D eigenvalue weighted by Crippen LogP contribution is 2.33. The number of anilines is 1. The van der Waals surface area contributed by atoms with E-state index in [0.29, 0.717) is 12.5 Å². The van der Waals surface area contributed by atoms with E-state index in [2.05, 4.69) is 28.4 Å². The number of benzene rings is 2. The van der Waals surface area contributed by atoms with Gasteiger partial charge in [-0.1, -0.05) is 30.3 Å². The van der Waals surface area contributed by atoms with Crippen molar-refractivity contribution in [3.63, 3.8) is 0 Å². The summed E-state index contributed by atoms with van der Waals surface area (Å²) in [5.41, 5.74) is 1.90. The van der Waals surface area contributed by atoms with Gasteiger partial charge in [0.25, 0.3) is 0 Å². The summed E-state index contributed by atoms with van der Waals surface area (Å²) in [6.07, 6.45) is 3.69. The maximum atomic E-state index is 13.1. The van der Waals surface area contributed by atoms with Gasteiger partial charge < -0.3 is 10.2 Å². The van der Waals surface area contributed by atoms with E-state index >= 15 is 0 Å². The molecule has 3 aromatic rings. The summed E-state index contributed by atoms with van der Waals surface area (Å²) in [5, 5.41) is 4.16. The second kappa shape index (κ2) is 10.0. The van der Waals surface area contributed by atoms with Gasteiger partial charge in [0.1, 0.15) is 0 Å². The molecule has 0 unspecified atom stereocenters. The zero-order chi connectivity index (χ0) is 22.6. The Labute approximate surface area is 198 Å². The molecule has 0 bridgehead atoms. The van der Waals surface area contributed by atoms with Crippen molar-refractivity contribution in [1.82, 2.24) is 14.8 Å². The third-order valence-electron chi connectivity index (χ3n) is 6.79. The van der Waals surface area contributed by atoms with E-state index < -0.39 is 0 Å². The van der Waals surface area contributed by atoms with Crippen molar-refractivity contribution in [3.05, 3.63) is 59.6 Å². The number of piperidine rings is 2. The molecule has 1 aromatic heterocycles. The van der Waals surface area contributed by atoms with Crippen LogP contribution in [0.25, 0.3) is 10.2 Å². The number of rotatable bonds is 5. The highest BCUT2D eigenvalue weighted by atomic mass is 32.1. The van der Waals surface area contributed by atoms with Crippen LogP contribution in [0.5, 0.6) is 0 Å². The topological polar surface area (TPSA) is 65.5 Å². The number of nitrogens with one attached hydrogen (secondary N) is 1. The SMILES string of the molecule is O=C(Nc1ccccc1)C1CCN(CC(=O)N2CCC[C@H](c3nc4ccccc4s3)C2)CC1. The average Bonchev–Trinajstić information content (AvgIpc) is 3.30. The number of hydrogen-bond acceptors (Lipinski definition) is 5. The molecule has 0 radical (unpaired) electrons. The van der Waals surface area contributed by atoms with Gasteiger partial charge in [0.15, 0.2) is 0 Å². The van der Waals surface area contributed by atoms with E-state index in [4.69, 9.17) is 4.98 Å². The van der Waals surface area contributed by atoms with Gasteiger partial charge in [-0.25, -0.2) is 4.98 Å². The van der Waals surface area contributed by atoms with Crippen LogP contribution < -0.4 is 5.32 Å². The summed E-state index contributed by atoms with van der Waals surface area (Å²) < 4.78 is 1.22. The normalized spacial score (nSPS) is 20.1. The second-order valence-electron chi connectivity index (χ2n) is 9.10. The molecular weight excluding hydrogens is 432 g/mol. The average molecular weight is 463 g/mol. The van der Waals surface area contributed by atoms with Gasteiger partial charge in [0.05, 0.1) is 21.8 Å². The Balaban J connectivity index is 1.11. The van der Waals surface area contributed by atoms with Crippen molar-refractivity contribution < 1.29 is 9.59 Å². The van der Waals surface area contributed by atoms with Crippen molar-refractivity contribution in [2.45, 2.75) is 31.6 Å². The van der Waals surface area contributed by atoms with E-state index in [9.17, 15) is 9.59 Å². The lowest BCUT2D eigenvalue weighted by atomic mass is 9.95. The predicted molar refractivity (Wildman–Crippen MR) is 132 cm³/mol. The lowest BCUT2D eigenvalue weighted by molar-refractivity contribution is -0.134. The fourth-order valence-electron chi connectivity index (χ4n) is 4.88. The van der Waals surface area contributed by atoms with E-state index in [0.717, 1.165) is 68.1 Å². The lowest BCUT2D eigenvalue weighted by Gasteiger charge is -2.35. The Bertz CT molecular complexity index is 1070. The number of nitrogens with zero attached hydrogens (tertiary/aromatic N) is 3. The van der Waals surface area contributed by atoms with E-state index in [1.165, 1.54) is 4.70 Å². The Morgan fingerprint density at radius 3 is 2.52 bits per heavy atom. The summed E-state index contributed by atoms with van der Waals surface area (Å²) in [6.45, 7) is 3.60. The predicted octanol–water partition coefficient (Wildman–Crippen LogP) is 4.35. The lowest BCUT2D eigenvalue weighted by Crippen LogP contribution is -2.47. The number of para-hydroxylation sites is 2. The fourth-order valence-corrected chi connectivity index (χ4v) is 5.97. The van der Waals surface area contributed by atoms with E-state index in [1.54, 1.807) is 11.3 Å². The van der Waals surface area contributed by atoms with Crippen LogP contribution in [0.1, 0.15) is 36.6 Å². The number of carbonyl (C=O) groups excluding carboxylic acids is 2. The summed E-state index contributed by atoms with van der Waals surface area (Å²) in [6, 6.07) is 17.9. The Kier molecular flexibility index (Phi) is 6.69. The third-order valence-corrected chi connectivity index (χ3v) is 7.99. The molecule has 1 atom stereocenters. The first-order chi connectivity index (χ1) is 16.2. The minimum Gasteiger partial charge on any atom is -0.341 e. The van der Waals surface area contributed by atoms with Gasteiger partial charge in [0, 0.05) is 30.6 Å². The number of thiazole rings is 1. The summed E-state index contributed by atoms with van der Waals surface area (Å²) in [7, 11) is 0. The minimum atomic E-state index is 0.00922. The van der Waals surface area contributed by atoms with Crippen molar-refractivity contribution in [2.75, 3.05) is 38.0 Å². The smallest absolute Gasteiger partial charge is 0.236 e. The molecule has 1 N–H and O–H groups in total. The first-order valence-electron chi connectivity index (χ1n) is 11.9. The number of aromatic nitrogens is 1. The number of carbonyl (C=O) groups is 2. The van der Waals surface area contributed by atoms with Gasteiger partial charge >= 0.3 is 0 Å². The van der Waals surface area contributed by atoms with E-state index in [1.807, 2.05) is 41.3 Å². The van der Waals surface area contributed by atoms with Crippen LogP contribution in [0, 0.1) is 5.92 Å². The van der Waals surface area contributed by atoms with Gasteiger partial charge in [-0.3, -0.25) is 14.5 Å². The minimum absolute atomic E-state index is 0.00922. The molecule has 2 aliphatic heterocycles.